The Bertz CT molecular complexity index is 898. The molecule has 0 heterocycles. The van der Waals surface area contributed by atoms with Crippen LogP contribution in [0.15, 0.2) is 54.6 Å². The van der Waals surface area contributed by atoms with E-state index >= 15 is 0 Å². The highest BCUT2D eigenvalue weighted by molar-refractivity contribution is 5.66. The van der Waals surface area contributed by atoms with Gasteiger partial charge in [0.25, 0.3) is 0 Å². The van der Waals surface area contributed by atoms with Gasteiger partial charge in [-0.15, -0.1) is 0 Å². The van der Waals surface area contributed by atoms with Crippen molar-refractivity contribution < 1.29 is 23.4 Å². The normalized spacial score (nSPS) is 10.6. The lowest BCUT2D eigenvalue weighted by Crippen LogP contribution is -1.97. The zero-order chi connectivity index (χ0) is 18.7. The maximum atomic E-state index is 14.6. The van der Waals surface area contributed by atoms with E-state index in [0.29, 0.717) is 22.6 Å². The molecule has 0 atom stereocenters. The molecular formula is C21H18F2O3. The number of rotatable bonds is 5. The van der Waals surface area contributed by atoms with Gasteiger partial charge in [0.05, 0.1) is 14.2 Å². The first-order valence-corrected chi connectivity index (χ1v) is 8.00. The van der Waals surface area contributed by atoms with Gasteiger partial charge in [0, 0.05) is 12.0 Å². The Morgan fingerprint density at radius 1 is 0.808 bits per heavy atom. The lowest BCUT2D eigenvalue weighted by Gasteiger charge is -2.12. The molecule has 3 rings (SSSR count). The van der Waals surface area contributed by atoms with E-state index < -0.39 is 5.82 Å². The number of methoxy groups -OCH3 is 2. The Hall–Kier alpha value is -3.08. The molecule has 0 fully saturated rings. The van der Waals surface area contributed by atoms with Gasteiger partial charge < -0.3 is 14.6 Å². The summed E-state index contributed by atoms with van der Waals surface area (Å²) in [5, 5.41) is 10.3. The number of benzene rings is 3. The van der Waals surface area contributed by atoms with E-state index in [-0.39, 0.29) is 23.6 Å². The zero-order valence-corrected chi connectivity index (χ0v) is 14.4. The van der Waals surface area contributed by atoms with Crippen LogP contribution in [0.25, 0.3) is 11.1 Å². The first kappa shape index (κ1) is 17.7. The van der Waals surface area contributed by atoms with Gasteiger partial charge in [-0.2, -0.15) is 0 Å². The zero-order valence-electron chi connectivity index (χ0n) is 14.4. The van der Waals surface area contributed by atoms with E-state index in [1.54, 1.807) is 18.2 Å². The van der Waals surface area contributed by atoms with Crippen LogP contribution in [0, 0.1) is 11.6 Å². The molecule has 26 heavy (non-hydrogen) atoms. The molecule has 0 aliphatic heterocycles. The summed E-state index contributed by atoms with van der Waals surface area (Å²) in [6, 6.07) is 13.7. The third-order valence-electron chi connectivity index (χ3n) is 4.18. The summed E-state index contributed by atoms with van der Waals surface area (Å²) in [4.78, 5) is 0. The molecule has 0 amide bonds. The van der Waals surface area contributed by atoms with Gasteiger partial charge in [-0.3, -0.25) is 0 Å². The predicted molar refractivity (Wildman–Crippen MR) is 95.8 cm³/mol. The number of phenolic OH excluding ortho intramolecular Hbond substituents is 1. The molecule has 3 nitrogen and oxygen atoms in total. The maximum absolute atomic E-state index is 14.6. The van der Waals surface area contributed by atoms with E-state index in [4.69, 9.17) is 9.47 Å². The van der Waals surface area contributed by atoms with Crippen molar-refractivity contribution in [2.24, 2.45) is 0 Å². The lowest BCUT2D eigenvalue weighted by atomic mass is 9.98. The maximum Gasteiger partial charge on any atom is 0.160 e. The van der Waals surface area contributed by atoms with Crippen LogP contribution in [0.2, 0.25) is 0 Å². The number of hydrogen-bond acceptors (Lipinski definition) is 3. The summed E-state index contributed by atoms with van der Waals surface area (Å²) in [5.74, 6) is 0.0576. The van der Waals surface area contributed by atoms with Gasteiger partial charge in [0.1, 0.15) is 17.4 Å². The molecule has 0 aromatic heterocycles. The summed E-state index contributed by atoms with van der Waals surface area (Å²) in [6.07, 6.45) is 0.196. The van der Waals surface area contributed by atoms with Gasteiger partial charge in [0.15, 0.2) is 11.5 Å². The molecule has 0 aliphatic carbocycles. The number of hydrogen-bond donors (Lipinski definition) is 1. The van der Waals surface area contributed by atoms with E-state index in [0.717, 1.165) is 5.56 Å². The third-order valence-corrected chi connectivity index (χ3v) is 4.18. The van der Waals surface area contributed by atoms with Crippen LogP contribution in [-0.2, 0) is 6.42 Å². The van der Waals surface area contributed by atoms with Crippen molar-refractivity contribution in [3.8, 4) is 28.4 Å². The number of phenols is 1. The second-order valence-corrected chi connectivity index (χ2v) is 5.83. The molecule has 0 bridgehead atoms. The SMILES string of the molecule is COc1ccc(Cc2c(O)cc(-c3ccc(F)cc3)cc2F)cc1OC. The molecule has 0 spiro atoms. The third kappa shape index (κ3) is 3.61. The van der Waals surface area contributed by atoms with Gasteiger partial charge in [-0.25, -0.2) is 8.78 Å². The summed E-state index contributed by atoms with van der Waals surface area (Å²) in [6.45, 7) is 0. The molecule has 3 aromatic rings. The van der Waals surface area contributed by atoms with E-state index in [1.807, 2.05) is 0 Å². The number of ether oxygens (including phenoxy) is 2. The van der Waals surface area contributed by atoms with Gasteiger partial charge >= 0.3 is 0 Å². The summed E-state index contributed by atoms with van der Waals surface area (Å²) >= 11 is 0. The molecule has 0 saturated carbocycles. The fourth-order valence-electron chi connectivity index (χ4n) is 2.80. The standard InChI is InChI=1S/C21H18F2O3/c1-25-20-8-3-13(10-21(20)26-2)9-17-18(23)11-15(12-19(17)24)14-4-6-16(22)7-5-14/h3-8,10-12,24H,9H2,1-2H3. The Morgan fingerprint density at radius 3 is 2.12 bits per heavy atom. The van der Waals surface area contributed by atoms with Gasteiger partial charge in [-0.1, -0.05) is 18.2 Å². The van der Waals surface area contributed by atoms with Crippen molar-refractivity contribution in [3.63, 3.8) is 0 Å². The van der Waals surface area contributed by atoms with Crippen molar-refractivity contribution in [3.05, 3.63) is 77.4 Å². The molecule has 0 aliphatic rings. The average Bonchev–Trinajstić information content (AvgIpc) is 2.65. The highest BCUT2D eigenvalue weighted by Crippen LogP contribution is 2.33. The quantitative estimate of drug-likeness (QED) is 0.703. The summed E-state index contributed by atoms with van der Waals surface area (Å²) in [5.41, 5.74) is 2.06. The average molecular weight is 356 g/mol. The fraction of sp³-hybridized carbons (Fsp3) is 0.143. The van der Waals surface area contributed by atoms with Crippen LogP contribution < -0.4 is 9.47 Å². The molecule has 1 N–H and O–H groups in total. The Kier molecular flexibility index (Phi) is 5.07. The minimum absolute atomic E-state index is 0.154. The molecule has 134 valence electrons. The Morgan fingerprint density at radius 2 is 1.50 bits per heavy atom. The minimum Gasteiger partial charge on any atom is -0.508 e. The van der Waals surface area contributed by atoms with Crippen molar-refractivity contribution >= 4 is 0 Å². The molecule has 3 aromatic carbocycles. The number of aromatic hydroxyl groups is 1. The molecular weight excluding hydrogens is 338 g/mol. The predicted octanol–water partition coefficient (Wildman–Crippen LogP) is 4.95. The van der Waals surface area contributed by atoms with E-state index in [9.17, 15) is 13.9 Å². The van der Waals surface area contributed by atoms with Crippen LogP contribution in [0.4, 0.5) is 8.78 Å². The lowest BCUT2D eigenvalue weighted by molar-refractivity contribution is 0.354. The van der Waals surface area contributed by atoms with Crippen molar-refractivity contribution in [2.75, 3.05) is 14.2 Å². The first-order valence-electron chi connectivity index (χ1n) is 8.00. The molecule has 5 heteroatoms. The summed E-state index contributed by atoms with van der Waals surface area (Å²) in [7, 11) is 3.06. The highest BCUT2D eigenvalue weighted by atomic mass is 19.1. The second-order valence-electron chi connectivity index (χ2n) is 5.83. The van der Waals surface area contributed by atoms with Gasteiger partial charge in [0.2, 0.25) is 0 Å². The second kappa shape index (κ2) is 7.44. The van der Waals surface area contributed by atoms with Crippen LogP contribution in [-0.4, -0.2) is 19.3 Å². The Labute approximate surface area is 150 Å². The highest BCUT2D eigenvalue weighted by Gasteiger charge is 2.14. The fourth-order valence-corrected chi connectivity index (χ4v) is 2.80. The van der Waals surface area contributed by atoms with Crippen LogP contribution in [0.3, 0.4) is 0 Å². The molecule has 0 radical (unpaired) electrons. The largest absolute Gasteiger partial charge is 0.508 e. The van der Waals surface area contributed by atoms with Gasteiger partial charge in [-0.05, 0) is 53.1 Å². The first-order chi connectivity index (χ1) is 12.5. The van der Waals surface area contributed by atoms with Crippen LogP contribution in [0.5, 0.6) is 17.2 Å². The summed E-state index contributed by atoms with van der Waals surface area (Å²) < 4.78 is 38.1. The van der Waals surface area contributed by atoms with Crippen LogP contribution in [0.1, 0.15) is 11.1 Å². The van der Waals surface area contributed by atoms with Crippen molar-refractivity contribution in [2.45, 2.75) is 6.42 Å². The monoisotopic (exact) mass is 356 g/mol. The minimum atomic E-state index is -0.529. The number of halogens is 2. The Balaban J connectivity index is 1.93. The van der Waals surface area contributed by atoms with Crippen LogP contribution >= 0.6 is 0 Å². The molecule has 0 unspecified atom stereocenters. The topological polar surface area (TPSA) is 38.7 Å². The molecule has 0 saturated heterocycles. The smallest absolute Gasteiger partial charge is 0.160 e. The van der Waals surface area contributed by atoms with Crippen molar-refractivity contribution in [1.82, 2.24) is 0 Å². The van der Waals surface area contributed by atoms with E-state index in [1.165, 1.54) is 50.6 Å². The van der Waals surface area contributed by atoms with E-state index in [2.05, 4.69) is 0 Å². The van der Waals surface area contributed by atoms with Crippen molar-refractivity contribution in [1.29, 1.82) is 0 Å².